The topological polar surface area (TPSA) is 250 Å². The maximum atomic E-state index is 14.7. The Morgan fingerprint density at radius 2 is 1.32 bits per heavy atom. The zero-order valence-electron chi connectivity index (χ0n) is 41.0. The van der Waals surface area contributed by atoms with Crippen molar-refractivity contribution in [3.63, 3.8) is 0 Å². The first-order valence-corrected chi connectivity index (χ1v) is 25.8. The van der Waals surface area contributed by atoms with Crippen molar-refractivity contribution >= 4 is 29.3 Å². The van der Waals surface area contributed by atoms with Crippen molar-refractivity contribution < 1.29 is 77.8 Å². The van der Waals surface area contributed by atoms with E-state index in [0.29, 0.717) is 54.9 Å². The fourth-order valence-electron chi connectivity index (χ4n) is 14.7. The van der Waals surface area contributed by atoms with Gasteiger partial charge in [0.25, 0.3) is 0 Å². The third-order valence-corrected chi connectivity index (χ3v) is 18.3. The van der Waals surface area contributed by atoms with Crippen LogP contribution in [0.25, 0.3) is 0 Å². The van der Waals surface area contributed by atoms with Crippen LogP contribution in [0.1, 0.15) is 85.5 Å². The fourth-order valence-corrected chi connectivity index (χ4v) is 14.7. The highest BCUT2D eigenvalue weighted by atomic mass is 16.7. The van der Waals surface area contributed by atoms with E-state index >= 15 is 0 Å². The minimum absolute atomic E-state index is 0.0791. The molecule has 0 radical (unpaired) electrons. The number of carbonyl (C=O) groups is 3. The van der Waals surface area contributed by atoms with Crippen LogP contribution in [0.15, 0.2) is 60.7 Å². The van der Waals surface area contributed by atoms with Crippen molar-refractivity contribution in [1.82, 2.24) is 0 Å². The fraction of sp³-hybridized carbons (Fsp3) is 0.717. The number of anilines is 2. The van der Waals surface area contributed by atoms with E-state index in [9.17, 15) is 39.9 Å². The molecule has 10 rings (SSSR count). The summed E-state index contributed by atoms with van der Waals surface area (Å²) in [4.78, 5) is 40.3. The molecule has 18 heteroatoms. The molecule has 71 heavy (non-hydrogen) atoms. The molecule has 18 nitrogen and oxygen atoms in total. The number of Topliss-reactive ketones (excluding diaryl/α,β-unsaturated/α-hetero) is 1. The van der Waals surface area contributed by atoms with Crippen molar-refractivity contribution in [2.45, 2.75) is 165 Å². The third kappa shape index (κ3) is 9.53. The number of hydrogen-bond donors (Lipinski definition) is 7. The van der Waals surface area contributed by atoms with Crippen molar-refractivity contribution in [3.8, 4) is 0 Å². The number of nitrogens with one attached hydrogen (secondary N) is 2. The van der Waals surface area contributed by atoms with Gasteiger partial charge in [-0.25, -0.2) is 9.59 Å². The molecule has 8 fully saturated rings. The first-order valence-electron chi connectivity index (χ1n) is 25.8. The van der Waals surface area contributed by atoms with Crippen LogP contribution in [0.2, 0.25) is 0 Å². The summed E-state index contributed by atoms with van der Waals surface area (Å²) < 4.78 is 49.1. The van der Waals surface area contributed by atoms with Gasteiger partial charge < -0.3 is 63.4 Å². The normalized spacial score (nSPS) is 46.0. The van der Waals surface area contributed by atoms with E-state index in [-0.39, 0.29) is 46.5 Å². The minimum Gasteiger partial charge on any atom is -0.446 e. The summed E-state index contributed by atoms with van der Waals surface area (Å²) in [7, 11) is 0. The monoisotopic (exact) mass is 992 g/mol. The van der Waals surface area contributed by atoms with E-state index in [0.717, 1.165) is 38.5 Å². The number of aliphatic hydroxyl groups is 5. The molecule has 1 spiro atoms. The number of benzene rings is 2. The van der Waals surface area contributed by atoms with Crippen LogP contribution >= 0.6 is 0 Å². The van der Waals surface area contributed by atoms with Gasteiger partial charge in [-0.05, 0) is 110 Å². The van der Waals surface area contributed by atoms with Crippen molar-refractivity contribution in [1.29, 1.82) is 0 Å². The molecule has 4 aliphatic carbocycles. The van der Waals surface area contributed by atoms with Gasteiger partial charge in [-0.1, -0.05) is 64.1 Å². The van der Waals surface area contributed by atoms with Crippen molar-refractivity contribution in [2.24, 2.45) is 52.3 Å². The Bertz CT molecular complexity index is 2200. The predicted molar refractivity (Wildman–Crippen MR) is 252 cm³/mol. The second kappa shape index (κ2) is 20.1. The van der Waals surface area contributed by atoms with Gasteiger partial charge in [0.15, 0.2) is 18.4 Å². The SMILES string of the molecule is C[C@@H]1CC[C@@]2(OC1)OC1C[C@H]3[C@@H]4CC[C@H]5C[C@@H](O[C@@H]6O[C@H](COC(=O)Nc7ccccc7)[C@@H](O[C@@H]7O[C@H](COC(=O)Nc8ccccc8)[C@@H](O)[C@H](O)[C@H]7O)[C@H](O)[C@H]6O)CC[C@]5(C)[C@H]4C(=O)C[C@]3(C)C1[C@@H]2C. The highest BCUT2D eigenvalue weighted by molar-refractivity contribution is 5.85. The molecule has 4 saturated heterocycles. The standard InChI is InChI=1S/C53H72N2O16/c1-27-17-20-53(66-24-27)28(2)39-36(71-53)22-34-33-16-15-29-21-32(18-19-51(29,3)40(33)35(56)23-52(34,39)4)67-47-45(61)43(59)46(38(69-47)26-65-50(63)55-31-13-9-6-10-14-31)70-48-44(60)42(58)41(57)37(68-48)25-64-49(62)54-30-11-7-5-8-12-30/h5-14,27-29,32-34,36-48,57-61H,15-26H2,1-4H3,(H,54,62)(H,55,63)/t27-,28+,29+,32+,33+,34+,36?,37-,38-,39?,40-,41-,42+,43-,44-,45-,46-,47-,48+,51+,52+,53-/m1/s1. The van der Waals surface area contributed by atoms with E-state index in [4.69, 9.17) is 37.9 Å². The number of ether oxygens (including phenoxy) is 8. The number of rotatable bonds is 10. The van der Waals surface area contributed by atoms with Crippen LogP contribution in [0.3, 0.4) is 0 Å². The van der Waals surface area contributed by atoms with Crippen LogP contribution < -0.4 is 10.6 Å². The van der Waals surface area contributed by atoms with Gasteiger partial charge in [0.2, 0.25) is 0 Å². The summed E-state index contributed by atoms with van der Waals surface area (Å²) >= 11 is 0. The van der Waals surface area contributed by atoms with Crippen LogP contribution in [0.4, 0.5) is 21.0 Å². The highest BCUT2D eigenvalue weighted by Crippen LogP contribution is 2.70. The molecule has 4 aliphatic heterocycles. The third-order valence-electron chi connectivity index (χ3n) is 18.3. The van der Waals surface area contributed by atoms with Crippen LogP contribution in [-0.2, 0) is 42.7 Å². The zero-order chi connectivity index (χ0) is 50.0. The maximum absolute atomic E-state index is 14.7. The Morgan fingerprint density at radius 1 is 0.704 bits per heavy atom. The molecule has 0 aromatic heterocycles. The van der Waals surface area contributed by atoms with Gasteiger partial charge in [0.1, 0.15) is 67.8 Å². The summed E-state index contributed by atoms with van der Waals surface area (Å²) in [5, 5.41) is 61.4. The van der Waals surface area contributed by atoms with E-state index in [1.807, 2.05) is 0 Å². The Balaban J connectivity index is 0.802. The molecule has 22 atom stereocenters. The lowest BCUT2D eigenvalue weighted by molar-refractivity contribution is -0.363. The number of amides is 2. The number of fused-ring (bicyclic) bond motifs is 7. The molecular weight excluding hydrogens is 921 g/mol. The Morgan fingerprint density at radius 3 is 1.97 bits per heavy atom. The lowest BCUT2D eigenvalue weighted by Crippen LogP contribution is -2.65. The number of aliphatic hydroxyl groups excluding tert-OH is 5. The second-order valence-corrected chi connectivity index (χ2v) is 22.5. The average Bonchev–Trinajstić information content (AvgIpc) is 3.79. The molecular formula is C53H72N2O16. The molecule has 7 N–H and O–H groups in total. The van der Waals surface area contributed by atoms with E-state index in [1.54, 1.807) is 60.7 Å². The quantitative estimate of drug-likeness (QED) is 0.152. The first kappa shape index (κ1) is 50.7. The highest BCUT2D eigenvalue weighted by Gasteiger charge is 2.71. The molecule has 4 heterocycles. The molecule has 0 bridgehead atoms. The Kier molecular flexibility index (Phi) is 14.4. The van der Waals surface area contributed by atoms with E-state index < -0.39 is 98.7 Å². The summed E-state index contributed by atoms with van der Waals surface area (Å²) in [5.74, 6) is 1.52. The van der Waals surface area contributed by atoms with Gasteiger partial charge >= 0.3 is 12.2 Å². The Labute approximate surface area is 414 Å². The number of ketones is 1. The summed E-state index contributed by atoms with van der Waals surface area (Å²) in [6.07, 6.45) is -11.2. The first-order chi connectivity index (χ1) is 34.0. The average molecular weight is 993 g/mol. The second-order valence-electron chi connectivity index (χ2n) is 22.5. The molecule has 2 aromatic carbocycles. The minimum atomic E-state index is -1.88. The van der Waals surface area contributed by atoms with Gasteiger partial charge in [-0.2, -0.15) is 0 Å². The van der Waals surface area contributed by atoms with Crippen LogP contribution in [0.5, 0.6) is 0 Å². The van der Waals surface area contributed by atoms with Crippen LogP contribution in [-0.4, -0.2) is 143 Å². The largest absolute Gasteiger partial charge is 0.446 e. The van der Waals surface area contributed by atoms with Crippen molar-refractivity contribution in [2.75, 3.05) is 30.5 Å². The lowest BCUT2D eigenvalue weighted by Gasteiger charge is -2.60. The summed E-state index contributed by atoms with van der Waals surface area (Å²) in [6, 6.07) is 17.1. The molecule has 2 aromatic rings. The lowest BCUT2D eigenvalue weighted by atomic mass is 9.44. The van der Waals surface area contributed by atoms with E-state index in [2.05, 4.69) is 38.3 Å². The van der Waals surface area contributed by atoms with Gasteiger partial charge in [-0.3, -0.25) is 15.4 Å². The maximum Gasteiger partial charge on any atom is 0.411 e. The number of hydrogen-bond acceptors (Lipinski definition) is 16. The number of carbonyl (C=O) groups excluding carboxylic acids is 3. The van der Waals surface area contributed by atoms with Gasteiger partial charge in [0, 0.05) is 36.1 Å². The summed E-state index contributed by atoms with van der Waals surface area (Å²) in [6.45, 7) is 8.77. The molecule has 390 valence electrons. The van der Waals surface area contributed by atoms with Crippen molar-refractivity contribution in [3.05, 3.63) is 60.7 Å². The molecule has 4 saturated carbocycles. The van der Waals surface area contributed by atoms with Gasteiger partial charge in [0.05, 0.1) is 18.8 Å². The molecule has 2 unspecified atom stereocenters. The summed E-state index contributed by atoms with van der Waals surface area (Å²) in [5.41, 5.74) is 0.498. The molecule has 2 amide bonds. The molecule has 8 aliphatic rings. The smallest absolute Gasteiger partial charge is 0.411 e. The number of para-hydroxylation sites is 2. The Hall–Kier alpha value is -3.79. The van der Waals surface area contributed by atoms with Crippen LogP contribution in [0, 0.1) is 52.3 Å². The van der Waals surface area contributed by atoms with E-state index in [1.165, 1.54) is 0 Å². The zero-order valence-corrected chi connectivity index (χ0v) is 41.0. The predicted octanol–water partition coefficient (Wildman–Crippen LogP) is 5.13. The van der Waals surface area contributed by atoms with Gasteiger partial charge in [-0.15, -0.1) is 0 Å².